The van der Waals surface area contributed by atoms with E-state index >= 15 is 0 Å². The van der Waals surface area contributed by atoms with Crippen LogP contribution in [0.2, 0.25) is 0 Å². The molecule has 0 aromatic rings. The fourth-order valence-electron chi connectivity index (χ4n) is 2.21. The Hall–Kier alpha value is -0.480. The molecule has 4 N–H and O–H groups in total. The fourth-order valence-corrected chi connectivity index (χ4v) is 5.07. The van der Waals surface area contributed by atoms with Crippen LogP contribution >= 0.6 is 7.52 Å². The summed E-state index contributed by atoms with van der Waals surface area (Å²) < 4.78 is 20.0. The Morgan fingerprint density at radius 2 is 1.85 bits per heavy atom. The van der Waals surface area contributed by atoms with Crippen molar-refractivity contribution in [2.75, 3.05) is 13.2 Å². The van der Waals surface area contributed by atoms with E-state index in [0.717, 1.165) is 0 Å². The summed E-state index contributed by atoms with van der Waals surface area (Å²) >= 11 is 0. The van der Waals surface area contributed by atoms with Crippen molar-refractivity contribution in [1.82, 2.24) is 4.67 Å². The molecule has 0 aliphatic heterocycles. The first-order chi connectivity index (χ1) is 9.12. The molecule has 0 aromatic carbocycles. The molecule has 0 aliphatic rings. The third-order valence-corrected chi connectivity index (χ3v) is 6.35. The maximum atomic E-state index is 13.3. The van der Waals surface area contributed by atoms with Gasteiger partial charge in [-0.25, -0.2) is 4.67 Å². The van der Waals surface area contributed by atoms with Crippen molar-refractivity contribution in [2.24, 2.45) is 5.73 Å². The van der Waals surface area contributed by atoms with Crippen LogP contribution in [0.4, 0.5) is 0 Å². The standard InChI is InChI=1S/C12H26N3O4P/c1-6-19-20(18,15(9(2)3)10(4)5)12(17,8-14)11(16)7-13/h9-11,16-17H,6-7,13H2,1-5H3. The number of nitrogens with two attached hydrogens (primary N) is 1. The van der Waals surface area contributed by atoms with Crippen molar-refractivity contribution in [3.8, 4) is 6.07 Å². The molecule has 0 aromatic heterocycles. The van der Waals surface area contributed by atoms with Gasteiger partial charge in [-0.05, 0) is 34.6 Å². The number of aliphatic hydroxyl groups excluding tert-OH is 1. The molecule has 0 fully saturated rings. The number of hydrogen-bond acceptors (Lipinski definition) is 6. The highest BCUT2D eigenvalue weighted by atomic mass is 31.2. The average molecular weight is 307 g/mol. The summed E-state index contributed by atoms with van der Waals surface area (Å²) in [4.78, 5) is 0. The zero-order valence-corrected chi connectivity index (χ0v) is 13.7. The topological polar surface area (TPSA) is 120 Å². The molecule has 0 saturated carbocycles. The molecule has 0 rings (SSSR count). The van der Waals surface area contributed by atoms with Crippen molar-refractivity contribution in [2.45, 2.75) is 58.1 Å². The van der Waals surface area contributed by atoms with E-state index in [4.69, 9.17) is 10.3 Å². The van der Waals surface area contributed by atoms with Crippen LogP contribution < -0.4 is 5.73 Å². The number of hydrogen-bond donors (Lipinski definition) is 3. The lowest BCUT2D eigenvalue weighted by Gasteiger charge is -2.43. The predicted octanol–water partition coefficient (Wildman–Crippen LogP) is 0.867. The zero-order valence-electron chi connectivity index (χ0n) is 12.8. The van der Waals surface area contributed by atoms with Gasteiger partial charge < -0.3 is 20.5 Å². The summed E-state index contributed by atoms with van der Waals surface area (Å²) in [7, 11) is -4.04. The van der Waals surface area contributed by atoms with Gasteiger partial charge in [-0.1, -0.05) is 0 Å². The van der Waals surface area contributed by atoms with E-state index in [1.807, 2.05) is 0 Å². The third-order valence-electron chi connectivity index (χ3n) is 2.95. The summed E-state index contributed by atoms with van der Waals surface area (Å²) in [5, 5.41) is 27.1. The highest BCUT2D eigenvalue weighted by molar-refractivity contribution is 7.58. The molecule has 0 aliphatic carbocycles. The molecular weight excluding hydrogens is 281 g/mol. The molecule has 0 heterocycles. The molecule has 8 heteroatoms. The molecule has 7 nitrogen and oxygen atoms in total. The minimum atomic E-state index is -4.04. The quantitative estimate of drug-likeness (QED) is 0.449. The first kappa shape index (κ1) is 19.5. The Morgan fingerprint density at radius 1 is 1.40 bits per heavy atom. The smallest absolute Gasteiger partial charge is 0.321 e. The van der Waals surface area contributed by atoms with Gasteiger partial charge in [0.1, 0.15) is 12.2 Å². The Kier molecular flexibility index (Phi) is 7.33. The van der Waals surface area contributed by atoms with Crippen molar-refractivity contribution in [3.05, 3.63) is 0 Å². The van der Waals surface area contributed by atoms with Gasteiger partial charge in [-0.3, -0.25) is 4.57 Å². The lowest BCUT2D eigenvalue weighted by atomic mass is 10.2. The molecule has 0 spiro atoms. The van der Waals surface area contributed by atoms with Crippen molar-refractivity contribution in [3.63, 3.8) is 0 Å². The van der Waals surface area contributed by atoms with Gasteiger partial charge in [0.05, 0.1) is 6.61 Å². The van der Waals surface area contributed by atoms with Gasteiger partial charge in [0.15, 0.2) is 0 Å². The minimum Gasteiger partial charge on any atom is -0.387 e. The zero-order chi connectivity index (χ0) is 16.1. The molecule has 20 heavy (non-hydrogen) atoms. The largest absolute Gasteiger partial charge is 0.387 e. The highest BCUT2D eigenvalue weighted by Crippen LogP contribution is 2.63. The van der Waals surface area contributed by atoms with Crippen molar-refractivity contribution in [1.29, 1.82) is 5.26 Å². The number of nitriles is 1. The second kappa shape index (κ2) is 7.51. The van der Waals surface area contributed by atoms with E-state index in [2.05, 4.69) is 0 Å². The van der Waals surface area contributed by atoms with Crippen LogP contribution in [-0.4, -0.2) is 51.6 Å². The summed E-state index contributed by atoms with van der Waals surface area (Å²) in [5.74, 6) is 0. The van der Waals surface area contributed by atoms with E-state index in [9.17, 15) is 20.0 Å². The minimum absolute atomic E-state index is 0.0362. The normalized spacial score (nSPS) is 19.7. The SMILES string of the molecule is CCOP(=O)(N(C(C)C)C(C)C)C(O)(C#N)C(O)CN. The molecule has 3 unspecified atom stereocenters. The summed E-state index contributed by atoms with van der Waals surface area (Å²) in [5.41, 5.74) is 5.32. The van der Waals surface area contributed by atoms with E-state index in [-0.39, 0.29) is 18.7 Å². The van der Waals surface area contributed by atoms with Gasteiger partial charge in [0, 0.05) is 18.6 Å². The first-order valence-corrected chi connectivity index (χ1v) is 8.25. The van der Waals surface area contributed by atoms with E-state index < -0.39 is 25.5 Å². The summed E-state index contributed by atoms with van der Waals surface area (Å²) in [6.07, 6.45) is -1.66. The van der Waals surface area contributed by atoms with E-state index in [1.54, 1.807) is 40.7 Å². The number of aliphatic hydroxyl groups is 2. The first-order valence-electron chi connectivity index (χ1n) is 6.67. The van der Waals surface area contributed by atoms with Crippen molar-refractivity contribution >= 4 is 7.52 Å². The molecule has 0 saturated heterocycles. The van der Waals surface area contributed by atoms with Crippen LogP contribution in [0.5, 0.6) is 0 Å². The van der Waals surface area contributed by atoms with Crippen LogP contribution in [0.25, 0.3) is 0 Å². The number of nitrogens with zero attached hydrogens (tertiary/aromatic N) is 2. The maximum Gasteiger partial charge on any atom is 0.321 e. The van der Waals surface area contributed by atoms with Crippen LogP contribution in [0, 0.1) is 11.3 Å². The lowest BCUT2D eigenvalue weighted by molar-refractivity contribution is 0.00676. The van der Waals surface area contributed by atoms with Crippen LogP contribution in [0.1, 0.15) is 34.6 Å². The van der Waals surface area contributed by atoms with Gasteiger partial charge in [-0.2, -0.15) is 5.26 Å². The van der Waals surface area contributed by atoms with Crippen LogP contribution in [0.15, 0.2) is 0 Å². The maximum absolute atomic E-state index is 13.3. The number of rotatable bonds is 8. The Morgan fingerprint density at radius 3 is 2.10 bits per heavy atom. The monoisotopic (exact) mass is 307 g/mol. The van der Waals surface area contributed by atoms with Gasteiger partial charge >= 0.3 is 7.52 Å². The second-order valence-electron chi connectivity index (χ2n) is 5.10. The third kappa shape index (κ3) is 3.40. The predicted molar refractivity (Wildman–Crippen MR) is 77.0 cm³/mol. The summed E-state index contributed by atoms with van der Waals surface area (Å²) in [6.45, 7) is 8.35. The molecule has 3 atom stereocenters. The van der Waals surface area contributed by atoms with Gasteiger partial charge in [0.25, 0.3) is 5.34 Å². The lowest BCUT2D eigenvalue weighted by Crippen LogP contribution is -2.51. The second-order valence-corrected chi connectivity index (χ2v) is 7.54. The highest BCUT2D eigenvalue weighted by Gasteiger charge is 2.58. The molecule has 0 amide bonds. The van der Waals surface area contributed by atoms with Gasteiger partial charge in [0.2, 0.25) is 0 Å². The van der Waals surface area contributed by atoms with Crippen molar-refractivity contribution < 1.29 is 19.3 Å². The van der Waals surface area contributed by atoms with E-state index in [1.165, 1.54) is 4.67 Å². The van der Waals surface area contributed by atoms with Gasteiger partial charge in [-0.15, -0.1) is 0 Å². The van der Waals surface area contributed by atoms with Crippen LogP contribution in [0.3, 0.4) is 0 Å². The molecular formula is C12H26N3O4P. The Balaban J connectivity index is 6.05. The Bertz CT molecular complexity index is 389. The van der Waals surface area contributed by atoms with Crippen LogP contribution in [-0.2, 0) is 9.09 Å². The molecule has 118 valence electrons. The average Bonchev–Trinajstić information content (AvgIpc) is 2.35. The molecule has 0 bridgehead atoms. The Labute approximate surface area is 120 Å². The molecule has 0 radical (unpaired) electrons. The fraction of sp³-hybridized carbons (Fsp3) is 0.917. The summed E-state index contributed by atoms with van der Waals surface area (Å²) in [6, 6.07) is 1.04. The van der Waals surface area contributed by atoms with E-state index in [0.29, 0.717) is 0 Å².